The lowest BCUT2D eigenvalue weighted by Gasteiger charge is -2.32. The standard InChI is InChI=1S/C12H12N4O2S/c17-11(18)10-7-19-6-5-16(10)12-13-8-3-1-2-4-9(8)14-15-12/h1-4,10H,5-7H2,(H,17,18). The van der Waals surface area contributed by atoms with Crippen molar-refractivity contribution in [2.45, 2.75) is 6.04 Å². The molecule has 1 atom stereocenters. The van der Waals surface area contributed by atoms with Gasteiger partial charge in [0.1, 0.15) is 11.6 Å². The van der Waals surface area contributed by atoms with Gasteiger partial charge in [-0.25, -0.2) is 9.78 Å². The Labute approximate surface area is 113 Å². The highest BCUT2D eigenvalue weighted by Crippen LogP contribution is 2.22. The summed E-state index contributed by atoms with van der Waals surface area (Å²) in [6.45, 7) is 0.627. The molecular weight excluding hydrogens is 264 g/mol. The van der Waals surface area contributed by atoms with E-state index in [1.165, 1.54) is 0 Å². The number of carbonyl (C=O) groups is 1. The number of benzene rings is 1. The third-order valence-electron chi connectivity index (χ3n) is 3.02. The van der Waals surface area contributed by atoms with Crippen molar-refractivity contribution in [3.63, 3.8) is 0 Å². The molecular formula is C12H12N4O2S. The molecule has 1 N–H and O–H groups in total. The normalized spacial score (nSPS) is 19.6. The van der Waals surface area contributed by atoms with Crippen molar-refractivity contribution in [2.24, 2.45) is 0 Å². The zero-order chi connectivity index (χ0) is 13.2. The number of hydrogen-bond acceptors (Lipinski definition) is 6. The van der Waals surface area contributed by atoms with Crippen molar-refractivity contribution in [3.8, 4) is 0 Å². The van der Waals surface area contributed by atoms with E-state index in [1.54, 1.807) is 16.7 Å². The van der Waals surface area contributed by atoms with E-state index in [2.05, 4.69) is 15.2 Å². The first-order chi connectivity index (χ1) is 9.25. The predicted octanol–water partition coefficient (Wildman–Crippen LogP) is 1.03. The molecule has 1 aliphatic heterocycles. The SMILES string of the molecule is O=C(O)C1CSCCN1c1nnc2ccccc2n1. The first-order valence-electron chi connectivity index (χ1n) is 5.92. The van der Waals surface area contributed by atoms with Crippen molar-refractivity contribution >= 4 is 34.7 Å². The van der Waals surface area contributed by atoms with Crippen LogP contribution in [0, 0.1) is 0 Å². The van der Waals surface area contributed by atoms with Gasteiger partial charge in [0.25, 0.3) is 0 Å². The fourth-order valence-electron chi connectivity index (χ4n) is 2.04. The molecule has 7 heteroatoms. The smallest absolute Gasteiger partial charge is 0.327 e. The number of aromatic nitrogens is 3. The van der Waals surface area contributed by atoms with Crippen molar-refractivity contribution in [2.75, 3.05) is 23.0 Å². The molecule has 1 fully saturated rings. The van der Waals surface area contributed by atoms with E-state index in [4.69, 9.17) is 0 Å². The van der Waals surface area contributed by atoms with Gasteiger partial charge in [-0.1, -0.05) is 12.1 Å². The Morgan fingerprint density at radius 3 is 2.89 bits per heavy atom. The third kappa shape index (κ3) is 2.33. The van der Waals surface area contributed by atoms with E-state index in [0.29, 0.717) is 23.8 Å². The fourth-order valence-corrected chi connectivity index (χ4v) is 3.08. The summed E-state index contributed by atoms with van der Waals surface area (Å²) in [5, 5.41) is 17.4. The summed E-state index contributed by atoms with van der Waals surface area (Å²) in [6, 6.07) is 6.85. The van der Waals surface area contributed by atoms with Crippen molar-refractivity contribution < 1.29 is 9.90 Å². The number of carboxylic acids is 1. The maximum Gasteiger partial charge on any atom is 0.327 e. The van der Waals surface area contributed by atoms with Crippen LogP contribution in [0.5, 0.6) is 0 Å². The van der Waals surface area contributed by atoms with Gasteiger partial charge in [0, 0.05) is 18.1 Å². The van der Waals surface area contributed by atoms with Gasteiger partial charge in [-0.15, -0.1) is 10.2 Å². The summed E-state index contributed by atoms with van der Waals surface area (Å²) < 4.78 is 0. The number of fused-ring (bicyclic) bond motifs is 1. The summed E-state index contributed by atoms with van der Waals surface area (Å²) in [7, 11) is 0. The summed E-state index contributed by atoms with van der Waals surface area (Å²) >= 11 is 1.63. The number of rotatable bonds is 2. The zero-order valence-corrected chi connectivity index (χ0v) is 10.9. The molecule has 1 aliphatic rings. The summed E-state index contributed by atoms with van der Waals surface area (Å²) in [5.74, 6) is 0.973. The van der Waals surface area contributed by atoms with Crippen LogP contribution in [-0.4, -0.2) is 50.3 Å². The molecule has 0 bridgehead atoms. The average molecular weight is 276 g/mol. The Bertz CT molecular complexity index is 621. The van der Waals surface area contributed by atoms with Crippen LogP contribution < -0.4 is 4.90 Å². The van der Waals surface area contributed by atoms with Gasteiger partial charge >= 0.3 is 5.97 Å². The van der Waals surface area contributed by atoms with Crippen LogP contribution in [0.25, 0.3) is 11.0 Å². The molecule has 19 heavy (non-hydrogen) atoms. The Morgan fingerprint density at radius 2 is 2.11 bits per heavy atom. The molecule has 6 nitrogen and oxygen atoms in total. The fraction of sp³-hybridized carbons (Fsp3) is 0.333. The van der Waals surface area contributed by atoms with Gasteiger partial charge in [-0.2, -0.15) is 11.8 Å². The summed E-state index contributed by atoms with van der Waals surface area (Å²) in [6.07, 6.45) is 0. The largest absolute Gasteiger partial charge is 0.480 e. The lowest BCUT2D eigenvalue weighted by Crippen LogP contribution is -2.48. The van der Waals surface area contributed by atoms with Crippen molar-refractivity contribution in [1.29, 1.82) is 0 Å². The summed E-state index contributed by atoms with van der Waals surface area (Å²) in [4.78, 5) is 17.4. The molecule has 1 unspecified atom stereocenters. The van der Waals surface area contributed by atoms with Gasteiger partial charge in [-0.05, 0) is 12.1 Å². The zero-order valence-electron chi connectivity index (χ0n) is 10.1. The number of para-hydroxylation sites is 1. The van der Waals surface area contributed by atoms with Crippen molar-refractivity contribution in [1.82, 2.24) is 15.2 Å². The van der Waals surface area contributed by atoms with Gasteiger partial charge in [-0.3, -0.25) is 0 Å². The molecule has 0 radical (unpaired) electrons. The van der Waals surface area contributed by atoms with Crippen LogP contribution in [0.2, 0.25) is 0 Å². The first-order valence-corrected chi connectivity index (χ1v) is 7.08. The Morgan fingerprint density at radius 1 is 1.32 bits per heavy atom. The average Bonchev–Trinajstić information content (AvgIpc) is 2.46. The van der Waals surface area contributed by atoms with Crippen LogP contribution in [0.4, 0.5) is 5.95 Å². The number of hydrogen-bond donors (Lipinski definition) is 1. The minimum Gasteiger partial charge on any atom is -0.480 e. The second-order valence-electron chi connectivity index (χ2n) is 4.22. The van der Waals surface area contributed by atoms with E-state index in [1.807, 2.05) is 24.3 Å². The second kappa shape index (κ2) is 5.00. The number of aliphatic carboxylic acids is 1. The summed E-state index contributed by atoms with van der Waals surface area (Å²) in [5.41, 5.74) is 1.44. The number of nitrogens with zero attached hydrogens (tertiary/aromatic N) is 4. The molecule has 1 aromatic heterocycles. The Hall–Kier alpha value is -1.89. The minimum absolute atomic E-state index is 0.395. The highest BCUT2D eigenvalue weighted by molar-refractivity contribution is 7.99. The van der Waals surface area contributed by atoms with Crippen LogP contribution >= 0.6 is 11.8 Å². The molecule has 98 valence electrons. The Balaban J connectivity index is 1.99. The van der Waals surface area contributed by atoms with E-state index in [-0.39, 0.29) is 0 Å². The van der Waals surface area contributed by atoms with Crippen LogP contribution in [0.15, 0.2) is 24.3 Å². The van der Waals surface area contributed by atoms with Crippen LogP contribution in [0.3, 0.4) is 0 Å². The molecule has 1 aromatic carbocycles. The second-order valence-corrected chi connectivity index (χ2v) is 5.37. The molecule has 0 aliphatic carbocycles. The molecule has 3 rings (SSSR count). The van der Waals surface area contributed by atoms with E-state index in [9.17, 15) is 9.90 Å². The number of anilines is 1. The lowest BCUT2D eigenvalue weighted by atomic mass is 10.3. The van der Waals surface area contributed by atoms with Crippen molar-refractivity contribution in [3.05, 3.63) is 24.3 Å². The highest BCUT2D eigenvalue weighted by atomic mass is 32.2. The van der Waals surface area contributed by atoms with Gasteiger partial charge < -0.3 is 10.0 Å². The Kier molecular flexibility index (Phi) is 3.20. The van der Waals surface area contributed by atoms with Crippen LogP contribution in [0.1, 0.15) is 0 Å². The molecule has 0 amide bonds. The monoisotopic (exact) mass is 276 g/mol. The van der Waals surface area contributed by atoms with Gasteiger partial charge in [0.15, 0.2) is 0 Å². The minimum atomic E-state index is -0.844. The van der Waals surface area contributed by atoms with E-state index >= 15 is 0 Å². The molecule has 0 spiro atoms. The molecule has 2 heterocycles. The van der Waals surface area contributed by atoms with Gasteiger partial charge in [0.2, 0.25) is 5.95 Å². The maximum absolute atomic E-state index is 11.3. The first kappa shape index (κ1) is 12.2. The topological polar surface area (TPSA) is 79.2 Å². The number of thioether (sulfide) groups is 1. The van der Waals surface area contributed by atoms with E-state index in [0.717, 1.165) is 11.3 Å². The number of carboxylic acid groups (broad SMARTS) is 1. The van der Waals surface area contributed by atoms with E-state index < -0.39 is 12.0 Å². The van der Waals surface area contributed by atoms with Crippen LogP contribution in [-0.2, 0) is 4.79 Å². The molecule has 2 aromatic rings. The lowest BCUT2D eigenvalue weighted by molar-refractivity contribution is -0.138. The third-order valence-corrected chi connectivity index (χ3v) is 4.04. The molecule has 1 saturated heterocycles. The quantitative estimate of drug-likeness (QED) is 0.877. The maximum atomic E-state index is 11.3. The molecule has 0 saturated carbocycles. The predicted molar refractivity (Wildman–Crippen MR) is 73.4 cm³/mol. The highest BCUT2D eigenvalue weighted by Gasteiger charge is 2.30. The van der Waals surface area contributed by atoms with Gasteiger partial charge in [0.05, 0.1) is 5.52 Å².